The summed E-state index contributed by atoms with van der Waals surface area (Å²) in [5.41, 5.74) is 0. The number of hydrogen-bond donors (Lipinski definition) is 0. The normalized spacial score (nSPS) is 11.5. The molecular weight excluding hydrogens is 1890 g/mol. The summed E-state index contributed by atoms with van der Waals surface area (Å²) in [5.74, 6) is 0. The third kappa shape index (κ3) is 118. The summed E-state index contributed by atoms with van der Waals surface area (Å²) >= 11 is 0. The molecule has 0 N–H and O–H groups in total. The van der Waals surface area contributed by atoms with Crippen LogP contribution in [0.25, 0.3) is 0 Å². The van der Waals surface area contributed by atoms with Crippen LogP contribution >= 0.6 is 43.6 Å². The van der Waals surface area contributed by atoms with Gasteiger partial charge in [-0.2, -0.15) is 0 Å². The second-order valence-corrected chi connectivity index (χ2v) is 73.5. The molecule has 0 heterocycles. The molecule has 0 spiro atoms. The Morgan fingerprint density at radius 3 is 0.174 bits per heavy atom. The summed E-state index contributed by atoms with van der Waals surface area (Å²) in [6.45, 7) is 56.7. The molecule has 0 aromatic rings. The van der Waals surface area contributed by atoms with Gasteiger partial charge in [-0.25, -0.2) is 0 Å². The number of hydrogen-bond acceptors (Lipinski definition) is 0. The molecule has 0 amide bonds. The number of halogens is 6. The lowest BCUT2D eigenvalue weighted by molar-refractivity contribution is -0.00100. The molecule has 0 saturated heterocycles. The molecule has 0 bridgehead atoms. The van der Waals surface area contributed by atoms with Crippen LogP contribution in [0.2, 0.25) is 0 Å². The Labute approximate surface area is 918 Å². The molecule has 0 aromatic heterocycles. The van der Waals surface area contributed by atoms with Crippen LogP contribution in [0.5, 0.6) is 0 Å². The second-order valence-electron chi connectivity index (χ2n) is 46.6. The van der Waals surface area contributed by atoms with Crippen LogP contribution in [0.15, 0.2) is 0 Å². The summed E-state index contributed by atoms with van der Waals surface area (Å²) < 4.78 is 0. The average Bonchev–Trinajstić information content (AvgIpc) is 0.903. The van der Waals surface area contributed by atoms with Crippen molar-refractivity contribution in [3.8, 4) is 0 Å². The van der Waals surface area contributed by atoms with Gasteiger partial charge in [0.2, 0.25) is 0 Å². The Kier molecular flexibility index (Phi) is 168. The summed E-state index contributed by atoms with van der Waals surface area (Å²) in [6, 6.07) is 0. The molecule has 888 valence electrons. The van der Waals surface area contributed by atoms with Crippen molar-refractivity contribution < 1.29 is 28.2 Å². The molecule has 0 rings (SSSR count). The summed E-state index contributed by atoms with van der Waals surface area (Å²) in [6.07, 6.45) is 162. The topological polar surface area (TPSA) is 0 Å². The summed E-state index contributed by atoms with van der Waals surface area (Å²) in [7, 11) is -3.67. The highest BCUT2D eigenvalue weighted by Crippen LogP contribution is 2.66. The highest BCUT2D eigenvalue weighted by Gasteiger charge is 2.40. The molecule has 0 fully saturated rings. The van der Waals surface area contributed by atoms with Crippen molar-refractivity contribution in [2.75, 3.05) is 148 Å². The molecule has 0 aromatic carbocycles. The van der Waals surface area contributed by atoms with Gasteiger partial charge in [-0.15, -0.1) is 0 Å². The lowest BCUT2D eigenvalue weighted by Gasteiger charge is -2.28. The van der Waals surface area contributed by atoms with Crippen molar-refractivity contribution in [3.05, 3.63) is 0 Å². The summed E-state index contributed by atoms with van der Waals surface area (Å²) in [5, 5.41) is 0. The zero-order valence-electron chi connectivity index (χ0n) is 105. The molecule has 0 unspecified atom stereocenters. The van der Waals surface area contributed by atoms with Gasteiger partial charge in [0.1, 0.15) is 0 Å². The van der Waals surface area contributed by atoms with Crippen LogP contribution in [0.1, 0.15) is 706 Å². The maximum absolute atomic E-state index is 2.38. The molecule has 0 aliphatic heterocycles. The average molecular weight is 2180 g/mol. The van der Waals surface area contributed by atoms with Gasteiger partial charge < -0.3 is 28.2 Å². The van der Waals surface area contributed by atoms with Gasteiger partial charge in [-0.1, -0.05) is 513 Å². The standard InChI is InChI=1S/6C22H48P.6FH/c6*1-5-9-13-14-15-16-17-18-22-23(19-10-6-2,20-11-7-3)21-12-8-4;;;;;;/h6*5-22H2,1-4H3;6*1H/q6*+1;;;;;;/p-6. The molecular formula is C132H288F6P6. The van der Waals surface area contributed by atoms with Crippen molar-refractivity contribution in [2.45, 2.75) is 706 Å². The molecule has 12 heteroatoms. The first-order valence-electron chi connectivity index (χ1n) is 66.6. The molecule has 0 radical (unpaired) electrons. The maximum Gasteiger partial charge on any atom is 0.0594 e. The Hall–Kier alpha value is 2.16. The third-order valence-corrected chi connectivity index (χ3v) is 63.0. The largest absolute Gasteiger partial charge is 1.00 e. The maximum atomic E-state index is 2.38. The quantitative estimate of drug-likeness (QED) is 0.0323. The third-order valence-electron chi connectivity index (χ3n) is 32.7. The van der Waals surface area contributed by atoms with Crippen molar-refractivity contribution in [1.82, 2.24) is 0 Å². The zero-order chi connectivity index (χ0) is 103. The van der Waals surface area contributed by atoms with Gasteiger partial charge in [0, 0.05) is 43.6 Å². The number of unbranched alkanes of at least 4 members (excludes halogenated alkanes) is 60. The van der Waals surface area contributed by atoms with Gasteiger partial charge in [0.05, 0.1) is 148 Å². The smallest absolute Gasteiger partial charge is 0.0594 e. The van der Waals surface area contributed by atoms with E-state index in [1.54, 1.807) is 186 Å². The first-order chi connectivity index (χ1) is 67.5. The van der Waals surface area contributed by atoms with Gasteiger partial charge in [0.25, 0.3) is 0 Å². The highest BCUT2D eigenvalue weighted by molar-refractivity contribution is 7.77. The minimum Gasteiger partial charge on any atom is -1.00 e. The highest BCUT2D eigenvalue weighted by atomic mass is 31.2. The van der Waals surface area contributed by atoms with Crippen LogP contribution in [0.4, 0.5) is 0 Å². The predicted octanol–water partition coefficient (Wildman–Crippen LogP) is 33.3. The summed E-state index contributed by atoms with van der Waals surface area (Å²) in [4.78, 5) is 0. The van der Waals surface area contributed by atoms with Crippen molar-refractivity contribution in [2.24, 2.45) is 0 Å². The van der Waals surface area contributed by atoms with E-state index >= 15 is 0 Å². The molecule has 0 saturated carbocycles. The SMILES string of the molecule is CCCCCCCCCC[P+](CCCC)(CCCC)CCCC.CCCCCCCCCC[P+](CCCC)(CCCC)CCCC.CCCCCCCCCC[P+](CCCC)(CCCC)CCCC.CCCCCCCCCC[P+](CCCC)(CCCC)CCCC.CCCCCCCCCC[P+](CCCC)(CCCC)CCCC.CCCCCCCCCC[P+](CCCC)(CCCC)CCCC.[F-].[F-].[F-].[F-].[F-].[F-]. The minimum atomic E-state index is -0.612. The van der Waals surface area contributed by atoms with Crippen LogP contribution < -0.4 is 28.2 Å². The van der Waals surface area contributed by atoms with E-state index in [1.165, 1.54) is 501 Å². The van der Waals surface area contributed by atoms with E-state index in [1.807, 2.05) is 0 Å². The van der Waals surface area contributed by atoms with Gasteiger partial charge in [-0.3, -0.25) is 0 Å². The fourth-order valence-electron chi connectivity index (χ4n) is 22.4. The van der Waals surface area contributed by atoms with E-state index in [9.17, 15) is 0 Å². The van der Waals surface area contributed by atoms with Gasteiger partial charge in [-0.05, 0) is 193 Å². The van der Waals surface area contributed by atoms with Crippen LogP contribution in [0, 0.1) is 0 Å². The molecule has 0 aliphatic rings. The van der Waals surface area contributed by atoms with E-state index in [4.69, 9.17) is 0 Å². The fourth-order valence-corrected chi connectivity index (χ4v) is 53.6. The molecule has 144 heavy (non-hydrogen) atoms. The Morgan fingerprint density at radius 1 is 0.0625 bits per heavy atom. The number of rotatable bonds is 108. The van der Waals surface area contributed by atoms with Crippen molar-refractivity contribution in [1.29, 1.82) is 0 Å². The van der Waals surface area contributed by atoms with E-state index in [-0.39, 0.29) is 28.2 Å². The monoisotopic (exact) mass is 2170 g/mol. The Bertz CT molecular complexity index is 1620. The molecule has 0 atom stereocenters. The Balaban J connectivity index is -0.000000144. The second kappa shape index (κ2) is 141. The van der Waals surface area contributed by atoms with Gasteiger partial charge in [0.15, 0.2) is 0 Å². The Morgan fingerprint density at radius 2 is 0.111 bits per heavy atom. The lowest BCUT2D eigenvalue weighted by atomic mass is 10.1. The first-order valence-corrected chi connectivity index (χ1v) is 81.7. The van der Waals surface area contributed by atoms with Crippen LogP contribution in [-0.4, -0.2) is 148 Å². The minimum absolute atomic E-state index is 0. The van der Waals surface area contributed by atoms with Crippen molar-refractivity contribution in [3.63, 3.8) is 0 Å². The van der Waals surface area contributed by atoms with Crippen LogP contribution in [0.3, 0.4) is 0 Å². The van der Waals surface area contributed by atoms with Gasteiger partial charge >= 0.3 is 0 Å². The van der Waals surface area contributed by atoms with E-state index in [0.29, 0.717) is 0 Å². The first kappa shape index (κ1) is 171. The predicted molar refractivity (Wildman–Crippen MR) is 682 cm³/mol. The van der Waals surface area contributed by atoms with E-state index < -0.39 is 43.6 Å². The van der Waals surface area contributed by atoms with Crippen LogP contribution in [-0.2, 0) is 0 Å². The van der Waals surface area contributed by atoms with E-state index in [2.05, 4.69) is 166 Å². The zero-order valence-corrected chi connectivity index (χ0v) is 111. The van der Waals surface area contributed by atoms with Crippen molar-refractivity contribution >= 4 is 43.6 Å². The lowest BCUT2D eigenvalue weighted by Crippen LogP contribution is -3.00. The van der Waals surface area contributed by atoms with E-state index in [0.717, 1.165) is 0 Å². The molecule has 0 nitrogen and oxygen atoms in total. The molecule has 0 aliphatic carbocycles. The fraction of sp³-hybridized carbons (Fsp3) is 1.00.